The second-order valence-electron chi connectivity index (χ2n) is 3.98. The van der Waals surface area contributed by atoms with Crippen LogP contribution in [0.1, 0.15) is 12.5 Å². The highest BCUT2D eigenvalue weighted by Crippen LogP contribution is 2.20. The minimum Gasteiger partial charge on any atom is -0.399 e. The van der Waals surface area contributed by atoms with Crippen LogP contribution < -0.4 is 11.1 Å². The van der Waals surface area contributed by atoms with Gasteiger partial charge in [0.2, 0.25) is 5.91 Å². The van der Waals surface area contributed by atoms with Gasteiger partial charge in [-0.1, -0.05) is 17.7 Å². The lowest BCUT2D eigenvalue weighted by Gasteiger charge is -2.17. The zero-order valence-corrected chi connectivity index (χ0v) is 10.9. The van der Waals surface area contributed by atoms with Gasteiger partial charge < -0.3 is 11.1 Å². The van der Waals surface area contributed by atoms with E-state index >= 15 is 0 Å². The van der Waals surface area contributed by atoms with Crippen molar-refractivity contribution in [2.45, 2.75) is 13.5 Å². The van der Waals surface area contributed by atoms with Gasteiger partial charge in [-0.05, 0) is 31.7 Å². The molecule has 0 radical (unpaired) electrons. The summed E-state index contributed by atoms with van der Waals surface area (Å²) in [6, 6.07) is 5.41. The van der Waals surface area contributed by atoms with E-state index in [9.17, 15) is 4.79 Å². The van der Waals surface area contributed by atoms with Gasteiger partial charge in [-0.2, -0.15) is 0 Å². The molecule has 0 aliphatic carbocycles. The molecule has 1 aromatic carbocycles. The molecule has 0 atom stereocenters. The first-order valence-corrected chi connectivity index (χ1v) is 5.90. The molecule has 94 valence electrons. The van der Waals surface area contributed by atoms with Gasteiger partial charge in [-0.25, -0.2) is 0 Å². The van der Waals surface area contributed by atoms with Gasteiger partial charge in [0.15, 0.2) is 0 Å². The quantitative estimate of drug-likeness (QED) is 0.784. The molecular weight excluding hydrogens is 238 g/mol. The molecule has 0 bridgehead atoms. The Morgan fingerprint density at radius 3 is 2.82 bits per heavy atom. The summed E-state index contributed by atoms with van der Waals surface area (Å²) >= 11 is 6.06. The number of hydrogen-bond donors (Lipinski definition) is 2. The fourth-order valence-corrected chi connectivity index (χ4v) is 1.79. The number of rotatable bonds is 5. The molecule has 0 fully saturated rings. The van der Waals surface area contributed by atoms with E-state index in [-0.39, 0.29) is 5.91 Å². The van der Waals surface area contributed by atoms with Gasteiger partial charge >= 0.3 is 0 Å². The van der Waals surface area contributed by atoms with Crippen LogP contribution in [-0.2, 0) is 11.3 Å². The van der Waals surface area contributed by atoms with Crippen LogP contribution >= 0.6 is 11.6 Å². The highest BCUT2D eigenvalue weighted by molar-refractivity contribution is 6.31. The average Bonchev–Trinajstić information content (AvgIpc) is 2.22. The molecule has 17 heavy (non-hydrogen) atoms. The molecule has 0 unspecified atom stereocenters. The topological polar surface area (TPSA) is 58.4 Å². The number of benzene rings is 1. The molecule has 5 heteroatoms. The number of carbonyl (C=O) groups is 1. The monoisotopic (exact) mass is 255 g/mol. The van der Waals surface area contributed by atoms with E-state index in [4.69, 9.17) is 17.3 Å². The van der Waals surface area contributed by atoms with E-state index in [1.807, 2.05) is 24.9 Å². The highest BCUT2D eigenvalue weighted by atomic mass is 35.5. The van der Waals surface area contributed by atoms with Crippen molar-refractivity contribution >= 4 is 23.2 Å². The number of nitrogens with zero attached hydrogens (tertiary/aromatic N) is 1. The van der Waals surface area contributed by atoms with Crippen molar-refractivity contribution in [3.05, 3.63) is 28.8 Å². The predicted molar refractivity (Wildman–Crippen MR) is 70.9 cm³/mol. The van der Waals surface area contributed by atoms with Crippen LogP contribution in [-0.4, -0.2) is 30.9 Å². The molecule has 1 rings (SSSR count). The number of likely N-dealkylation sites (N-methyl/N-ethyl adjacent to an activating group) is 2. The van der Waals surface area contributed by atoms with Crippen molar-refractivity contribution in [1.82, 2.24) is 10.2 Å². The summed E-state index contributed by atoms with van der Waals surface area (Å²) in [4.78, 5) is 13.3. The third-order valence-corrected chi connectivity index (χ3v) is 2.66. The SMILES string of the molecule is CCNC(=O)CN(C)Cc1ccc(N)cc1Cl. The number of nitrogen functional groups attached to an aromatic ring is 1. The lowest BCUT2D eigenvalue weighted by Crippen LogP contribution is -2.34. The first kappa shape index (κ1) is 13.8. The Morgan fingerprint density at radius 1 is 1.53 bits per heavy atom. The predicted octanol–water partition coefficient (Wildman–Crippen LogP) is 1.49. The lowest BCUT2D eigenvalue weighted by atomic mass is 10.2. The highest BCUT2D eigenvalue weighted by Gasteiger charge is 2.08. The smallest absolute Gasteiger partial charge is 0.234 e. The largest absolute Gasteiger partial charge is 0.399 e. The molecule has 0 spiro atoms. The van der Waals surface area contributed by atoms with E-state index in [0.29, 0.717) is 30.3 Å². The van der Waals surface area contributed by atoms with Gasteiger partial charge in [-0.3, -0.25) is 9.69 Å². The van der Waals surface area contributed by atoms with Gasteiger partial charge in [0.25, 0.3) is 0 Å². The summed E-state index contributed by atoms with van der Waals surface area (Å²) in [5, 5.41) is 3.38. The molecule has 1 amide bonds. The molecule has 1 aromatic rings. The maximum atomic E-state index is 11.4. The normalized spacial score (nSPS) is 10.6. The lowest BCUT2D eigenvalue weighted by molar-refractivity contribution is -0.121. The molecule has 4 nitrogen and oxygen atoms in total. The zero-order chi connectivity index (χ0) is 12.8. The van der Waals surface area contributed by atoms with Gasteiger partial charge in [0, 0.05) is 23.8 Å². The number of nitrogens with two attached hydrogens (primary N) is 1. The fraction of sp³-hybridized carbons (Fsp3) is 0.417. The maximum Gasteiger partial charge on any atom is 0.234 e. The van der Waals surface area contributed by atoms with E-state index < -0.39 is 0 Å². The van der Waals surface area contributed by atoms with Crippen LogP contribution in [0.4, 0.5) is 5.69 Å². The fourth-order valence-electron chi connectivity index (χ4n) is 1.54. The second kappa shape index (κ2) is 6.47. The van der Waals surface area contributed by atoms with Crippen molar-refractivity contribution in [1.29, 1.82) is 0 Å². The average molecular weight is 256 g/mol. The summed E-state index contributed by atoms with van der Waals surface area (Å²) in [5.74, 6) is 0.0153. The second-order valence-corrected chi connectivity index (χ2v) is 4.38. The van der Waals surface area contributed by atoms with Crippen LogP contribution in [0.25, 0.3) is 0 Å². The first-order valence-electron chi connectivity index (χ1n) is 5.52. The van der Waals surface area contributed by atoms with Crippen LogP contribution in [0.15, 0.2) is 18.2 Å². The standard InChI is InChI=1S/C12H18ClN3O/c1-3-15-12(17)8-16(2)7-9-4-5-10(14)6-11(9)13/h4-6H,3,7-8,14H2,1-2H3,(H,15,17). The van der Waals surface area contributed by atoms with Crippen molar-refractivity contribution in [2.75, 3.05) is 25.9 Å². The van der Waals surface area contributed by atoms with Crippen molar-refractivity contribution in [2.24, 2.45) is 0 Å². The van der Waals surface area contributed by atoms with Gasteiger partial charge in [-0.15, -0.1) is 0 Å². The van der Waals surface area contributed by atoms with Crippen molar-refractivity contribution in [3.63, 3.8) is 0 Å². The Hall–Kier alpha value is -1.26. The number of hydrogen-bond acceptors (Lipinski definition) is 3. The van der Waals surface area contributed by atoms with Crippen molar-refractivity contribution < 1.29 is 4.79 Å². The molecule has 3 N–H and O–H groups in total. The Kier molecular flexibility index (Phi) is 5.25. The van der Waals surface area contributed by atoms with E-state index in [1.165, 1.54) is 0 Å². The summed E-state index contributed by atoms with van der Waals surface area (Å²) in [5.41, 5.74) is 7.23. The minimum atomic E-state index is 0.0153. The summed E-state index contributed by atoms with van der Waals surface area (Å²) in [6.07, 6.45) is 0. The molecule has 0 saturated carbocycles. The molecule has 0 saturated heterocycles. The Morgan fingerprint density at radius 2 is 2.24 bits per heavy atom. The number of anilines is 1. The van der Waals surface area contributed by atoms with Crippen LogP contribution in [0.3, 0.4) is 0 Å². The summed E-state index contributed by atoms with van der Waals surface area (Å²) in [6.45, 7) is 3.52. The first-order chi connectivity index (χ1) is 8.02. The molecule has 0 aliphatic heterocycles. The molecule has 0 aromatic heterocycles. The molecule has 0 heterocycles. The molecule has 0 aliphatic rings. The van der Waals surface area contributed by atoms with Crippen LogP contribution in [0, 0.1) is 0 Å². The van der Waals surface area contributed by atoms with Crippen molar-refractivity contribution in [3.8, 4) is 0 Å². The van der Waals surface area contributed by atoms with E-state index in [2.05, 4.69) is 5.32 Å². The Balaban J connectivity index is 2.55. The minimum absolute atomic E-state index is 0.0153. The summed E-state index contributed by atoms with van der Waals surface area (Å²) < 4.78 is 0. The van der Waals surface area contributed by atoms with Gasteiger partial charge in [0.1, 0.15) is 0 Å². The zero-order valence-electron chi connectivity index (χ0n) is 10.2. The van der Waals surface area contributed by atoms with Crippen LogP contribution in [0.2, 0.25) is 5.02 Å². The Bertz CT molecular complexity index is 395. The van der Waals surface area contributed by atoms with Crippen LogP contribution in [0.5, 0.6) is 0 Å². The Labute approximate surface area is 107 Å². The summed E-state index contributed by atoms with van der Waals surface area (Å²) in [7, 11) is 1.88. The number of amides is 1. The third kappa shape index (κ3) is 4.63. The number of halogens is 1. The van der Waals surface area contributed by atoms with E-state index in [0.717, 1.165) is 5.56 Å². The van der Waals surface area contributed by atoms with Gasteiger partial charge in [0.05, 0.1) is 6.54 Å². The number of nitrogens with one attached hydrogen (secondary N) is 1. The number of carbonyl (C=O) groups excluding carboxylic acids is 1. The maximum absolute atomic E-state index is 11.4. The molecular formula is C12H18ClN3O. The van der Waals surface area contributed by atoms with E-state index in [1.54, 1.807) is 12.1 Å². The third-order valence-electron chi connectivity index (χ3n) is 2.30.